The quantitative estimate of drug-likeness (QED) is 0.892. The molecule has 2 N–H and O–H groups in total. The van der Waals surface area contributed by atoms with E-state index >= 15 is 0 Å². The molecule has 1 aliphatic carbocycles. The second-order valence-corrected chi connectivity index (χ2v) is 5.18. The zero-order chi connectivity index (χ0) is 12.6. The summed E-state index contributed by atoms with van der Waals surface area (Å²) in [7, 11) is 1.76. The fourth-order valence-electron chi connectivity index (χ4n) is 3.02. The minimum Gasteiger partial charge on any atom is -0.496 e. The molecule has 0 aromatic heterocycles. The second kappa shape index (κ2) is 4.29. The molecule has 0 unspecified atom stereocenters. The topological polar surface area (TPSA) is 35.2 Å². The molecule has 0 radical (unpaired) electrons. The summed E-state index contributed by atoms with van der Waals surface area (Å²) in [6.07, 6.45) is 3.51. The second-order valence-electron chi connectivity index (χ2n) is 5.18. The van der Waals surface area contributed by atoms with E-state index < -0.39 is 0 Å². The lowest BCUT2D eigenvalue weighted by Gasteiger charge is -2.20. The Morgan fingerprint density at radius 2 is 1.94 bits per heavy atom. The van der Waals surface area contributed by atoms with Gasteiger partial charge in [-0.15, -0.1) is 0 Å². The highest BCUT2D eigenvalue weighted by Crippen LogP contribution is 2.55. The van der Waals surface area contributed by atoms with Crippen molar-refractivity contribution in [2.24, 2.45) is 5.73 Å². The molecule has 0 heterocycles. The standard InChI is InChI=1S/C16H19NO/c1-18-14-7-6-12-4-2-3-5-13(12)15(14)16(8-9-16)10-11-17/h2-7H,8-11,17H2,1H3. The van der Waals surface area contributed by atoms with Crippen LogP contribution in [0.3, 0.4) is 0 Å². The maximum atomic E-state index is 5.79. The number of ether oxygens (including phenoxy) is 1. The van der Waals surface area contributed by atoms with Gasteiger partial charge in [-0.25, -0.2) is 0 Å². The van der Waals surface area contributed by atoms with Crippen LogP contribution in [0.5, 0.6) is 5.75 Å². The lowest BCUT2D eigenvalue weighted by Crippen LogP contribution is -2.15. The molecule has 1 aliphatic rings. The summed E-state index contributed by atoms with van der Waals surface area (Å²) in [6, 6.07) is 12.8. The van der Waals surface area contributed by atoms with Gasteiger partial charge in [0.15, 0.2) is 0 Å². The van der Waals surface area contributed by atoms with E-state index in [4.69, 9.17) is 10.5 Å². The Kier molecular flexibility index (Phi) is 2.75. The third kappa shape index (κ3) is 1.68. The number of methoxy groups -OCH3 is 1. The number of hydrogen-bond acceptors (Lipinski definition) is 2. The zero-order valence-electron chi connectivity index (χ0n) is 10.8. The fourth-order valence-corrected chi connectivity index (χ4v) is 3.02. The maximum Gasteiger partial charge on any atom is 0.123 e. The Hall–Kier alpha value is -1.54. The van der Waals surface area contributed by atoms with Crippen LogP contribution >= 0.6 is 0 Å². The van der Waals surface area contributed by atoms with Gasteiger partial charge in [0.1, 0.15) is 5.75 Å². The van der Waals surface area contributed by atoms with E-state index in [0.29, 0.717) is 0 Å². The molecule has 0 aliphatic heterocycles. The van der Waals surface area contributed by atoms with Crippen molar-refractivity contribution in [3.05, 3.63) is 42.0 Å². The first-order valence-electron chi connectivity index (χ1n) is 6.57. The van der Waals surface area contributed by atoms with Crippen LogP contribution in [-0.2, 0) is 5.41 Å². The van der Waals surface area contributed by atoms with Crippen LogP contribution in [0.15, 0.2) is 36.4 Å². The predicted molar refractivity (Wildman–Crippen MR) is 75.1 cm³/mol. The molecule has 1 saturated carbocycles. The van der Waals surface area contributed by atoms with Crippen LogP contribution in [-0.4, -0.2) is 13.7 Å². The normalized spacial score (nSPS) is 16.8. The van der Waals surface area contributed by atoms with Crippen LogP contribution in [0.4, 0.5) is 0 Å². The van der Waals surface area contributed by atoms with E-state index in [2.05, 4.69) is 36.4 Å². The Bertz CT molecular complexity index is 572. The van der Waals surface area contributed by atoms with E-state index in [9.17, 15) is 0 Å². The molecule has 1 fully saturated rings. The Morgan fingerprint density at radius 3 is 2.61 bits per heavy atom. The fraction of sp³-hybridized carbons (Fsp3) is 0.375. The van der Waals surface area contributed by atoms with Crippen molar-refractivity contribution >= 4 is 10.8 Å². The Morgan fingerprint density at radius 1 is 1.17 bits per heavy atom. The van der Waals surface area contributed by atoms with Gasteiger partial charge < -0.3 is 10.5 Å². The molecule has 2 heteroatoms. The average Bonchev–Trinajstić information content (AvgIpc) is 3.18. The SMILES string of the molecule is COc1ccc2ccccc2c1C1(CCN)CC1. The van der Waals surface area contributed by atoms with Crippen LogP contribution in [0, 0.1) is 0 Å². The van der Waals surface area contributed by atoms with Crippen LogP contribution in [0.2, 0.25) is 0 Å². The highest BCUT2D eigenvalue weighted by Gasteiger charge is 2.46. The highest BCUT2D eigenvalue weighted by molar-refractivity contribution is 5.89. The van der Waals surface area contributed by atoms with Crippen molar-refractivity contribution < 1.29 is 4.74 Å². The summed E-state index contributed by atoms with van der Waals surface area (Å²) in [5.74, 6) is 1.01. The predicted octanol–water partition coefficient (Wildman–Crippen LogP) is 3.23. The number of benzene rings is 2. The van der Waals surface area contributed by atoms with E-state index in [0.717, 1.165) is 18.7 Å². The lowest BCUT2D eigenvalue weighted by molar-refractivity contribution is 0.403. The smallest absolute Gasteiger partial charge is 0.123 e. The molecule has 0 saturated heterocycles. The molecular weight excluding hydrogens is 222 g/mol. The maximum absolute atomic E-state index is 5.79. The van der Waals surface area contributed by atoms with Gasteiger partial charge in [-0.3, -0.25) is 0 Å². The van der Waals surface area contributed by atoms with Crippen LogP contribution in [0.1, 0.15) is 24.8 Å². The molecule has 3 rings (SSSR count). The molecule has 0 amide bonds. The third-order valence-corrected chi connectivity index (χ3v) is 4.12. The summed E-state index contributed by atoms with van der Waals surface area (Å²) in [5.41, 5.74) is 7.42. The summed E-state index contributed by atoms with van der Waals surface area (Å²) in [6.45, 7) is 0.742. The summed E-state index contributed by atoms with van der Waals surface area (Å²) >= 11 is 0. The first kappa shape index (κ1) is 11.5. The molecule has 18 heavy (non-hydrogen) atoms. The largest absolute Gasteiger partial charge is 0.496 e. The van der Waals surface area contributed by atoms with E-state index in [1.54, 1.807) is 7.11 Å². The van der Waals surface area contributed by atoms with Gasteiger partial charge in [-0.05, 0) is 42.6 Å². The molecule has 2 aromatic carbocycles. The van der Waals surface area contributed by atoms with E-state index in [1.807, 2.05) is 0 Å². The first-order chi connectivity index (χ1) is 8.80. The van der Waals surface area contributed by atoms with Gasteiger partial charge in [0.05, 0.1) is 7.11 Å². The van der Waals surface area contributed by atoms with Crippen molar-refractivity contribution in [1.29, 1.82) is 0 Å². The van der Waals surface area contributed by atoms with Crippen molar-refractivity contribution in [2.75, 3.05) is 13.7 Å². The number of hydrogen-bond donors (Lipinski definition) is 1. The summed E-state index contributed by atoms with van der Waals surface area (Å²) in [4.78, 5) is 0. The number of nitrogens with two attached hydrogens (primary N) is 1. The van der Waals surface area contributed by atoms with Gasteiger partial charge in [0, 0.05) is 11.0 Å². The average molecular weight is 241 g/mol. The van der Waals surface area contributed by atoms with E-state index in [-0.39, 0.29) is 5.41 Å². The van der Waals surface area contributed by atoms with Crippen LogP contribution in [0.25, 0.3) is 10.8 Å². The van der Waals surface area contributed by atoms with E-state index in [1.165, 1.54) is 29.2 Å². The van der Waals surface area contributed by atoms with Gasteiger partial charge in [0.25, 0.3) is 0 Å². The van der Waals surface area contributed by atoms with Crippen molar-refractivity contribution in [1.82, 2.24) is 0 Å². The first-order valence-corrected chi connectivity index (χ1v) is 6.57. The minimum absolute atomic E-state index is 0.265. The molecular formula is C16H19NO. The zero-order valence-corrected chi connectivity index (χ0v) is 10.8. The minimum atomic E-state index is 0.265. The molecule has 2 aromatic rings. The van der Waals surface area contributed by atoms with Crippen molar-refractivity contribution in [3.8, 4) is 5.75 Å². The molecule has 2 nitrogen and oxygen atoms in total. The molecule has 0 atom stereocenters. The van der Waals surface area contributed by atoms with Gasteiger partial charge in [-0.1, -0.05) is 30.3 Å². The number of rotatable bonds is 4. The summed E-state index contributed by atoms with van der Waals surface area (Å²) < 4.78 is 5.59. The highest BCUT2D eigenvalue weighted by atomic mass is 16.5. The van der Waals surface area contributed by atoms with Gasteiger partial charge in [-0.2, -0.15) is 0 Å². The lowest BCUT2D eigenvalue weighted by atomic mass is 9.87. The Labute approximate surface area is 108 Å². The monoisotopic (exact) mass is 241 g/mol. The summed E-state index contributed by atoms with van der Waals surface area (Å²) in [5, 5.41) is 2.61. The Balaban J connectivity index is 2.24. The van der Waals surface area contributed by atoms with Crippen molar-refractivity contribution in [3.63, 3.8) is 0 Å². The van der Waals surface area contributed by atoms with Gasteiger partial charge >= 0.3 is 0 Å². The molecule has 0 bridgehead atoms. The third-order valence-electron chi connectivity index (χ3n) is 4.12. The van der Waals surface area contributed by atoms with Crippen LogP contribution < -0.4 is 10.5 Å². The number of fused-ring (bicyclic) bond motifs is 1. The van der Waals surface area contributed by atoms with Gasteiger partial charge in [0.2, 0.25) is 0 Å². The molecule has 0 spiro atoms. The molecule has 94 valence electrons. The van der Waals surface area contributed by atoms with Crippen molar-refractivity contribution in [2.45, 2.75) is 24.7 Å².